The van der Waals surface area contributed by atoms with Crippen molar-refractivity contribution in [3.8, 4) is 6.07 Å². The molecular formula is C12H16N4O. The van der Waals surface area contributed by atoms with Gasteiger partial charge in [0.1, 0.15) is 11.9 Å². The average molecular weight is 232 g/mol. The van der Waals surface area contributed by atoms with Gasteiger partial charge in [-0.25, -0.2) is 9.97 Å². The Morgan fingerprint density at radius 2 is 2.35 bits per heavy atom. The maximum Gasteiger partial charge on any atom is 0.158 e. The minimum Gasteiger partial charge on any atom is -0.376 e. The summed E-state index contributed by atoms with van der Waals surface area (Å²) in [6.07, 6.45) is 6.91. The van der Waals surface area contributed by atoms with Gasteiger partial charge in [-0.15, -0.1) is 0 Å². The molecule has 0 bridgehead atoms. The second-order valence-electron chi connectivity index (χ2n) is 4.24. The molecule has 1 fully saturated rings. The van der Waals surface area contributed by atoms with Gasteiger partial charge in [0.15, 0.2) is 5.69 Å². The topological polar surface area (TPSA) is 62.0 Å². The SMILES string of the molecule is CN(CC1CCCCO1)c1cnc(C#N)cn1. The third kappa shape index (κ3) is 3.14. The van der Waals surface area contributed by atoms with Crippen LogP contribution >= 0.6 is 0 Å². The largest absolute Gasteiger partial charge is 0.376 e. The zero-order valence-corrected chi connectivity index (χ0v) is 9.96. The van der Waals surface area contributed by atoms with E-state index in [1.165, 1.54) is 12.6 Å². The first-order valence-electron chi connectivity index (χ1n) is 5.84. The van der Waals surface area contributed by atoms with Crippen molar-refractivity contribution in [1.82, 2.24) is 9.97 Å². The van der Waals surface area contributed by atoms with E-state index in [2.05, 4.69) is 9.97 Å². The first-order chi connectivity index (χ1) is 8.29. The molecule has 2 rings (SSSR count). The monoisotopic (exact) mass is 232 g/mol. The number of hydrogen-bond donors (Lipinski definition) is 0. The minimum atomic E-state index is 0.284. The molecule has 0 aliphatic carbocycles. The van der Waals surface area contributed by atoms with Crippen LogP contribution < -0.4 is 4.90 Å². The Hall–Kier alpha value is -1.67. The van der Waals surface area contributed by atoms with Crippen LogP contribution in [0.3, 0.4) is 0 Å². The van der Waals surface area contributed by atoms with E-state index in [0.29, 0.717) is 5.69 Å². The van der Waals surface area contributed by atoms with Crippen LogP contribution in [0.25, 0.3) is 0 Å². The van der Waals surface area contributed by atoms with Gasteiger partial charge in [-0.2, -0.15) is 5.26 Å². The van der Waals surface area contributed by atoms with Gasteiger partial charge < -0.3 is 9.64 Å². The highest BCUT2D eigenvalue weighted by atomic mass is 16.5. The van der Waals surface area contributed by atoms with Gasteiger partial charge in [-0.3, -0.25) is 0 Å². The highest BCUT2D eigenvalue weighted by molar-refractivity contribution is 5.36. The minimum absolute atomic E-state index is 0.284. The number of ether oxygens (including phenoxy) is 1. The number of hydrogen-bond acceptors (Lipinski definition) is 5. The van der Waals surface area contributed by atoms with Crippen LogP contribution in [0.1, 0.15) is 25.0 Å². The van der Waals surface area contributed by atoms with Crippen LogP contribution in [0.2, 0.25) is 0 Å². The summed E-state index contributed by atoms with van der Waals surface area (Å²) >= 11 is 0. The molecule has 0 aromatic carbocycles. The quantitative estimate of drug-likeness (QED) is 0.787. The third-order valence-electron chi connectivity index (χ3n) is 2.90. The van der Waals surface area contributed by atoms with E-state index in [-0.39, 0.29) is 6.10 Å². The van der Waals surface area contributed by atoms with E-state index in [1.54, 1.807) is 6.20 Å². The molecule has 0 saturated carbocycles. The van der Waals surface area contributed by atoms with E-state index in [4.69, 9.17) is 10.00 Å². The smallest absolute Gasteiger partial charge is 0.158 e. The molecule has 17 heavy (non-hydrogen) atoms. The molecule has 2 heterocycles. The Balaban J connectivity index is 1.94. The lowest BCUT2D eigenvalue weighted by molar-refractivity contribution is 0.0215. The summed E-state index contributed by atoms with van der Waals surface area (Å²) in [5.74, 6) is 0.776. The average Bonchev–Trinajstić information content (AvgIpc) is 2.40. The summed E-state index contributed by atoms with van der Waals surface area (Å²) in [7, 11) is 1.97. The zero-order chi connectivity index (χ0) is 12.1. The fourth-order valence-corrected chi connectivity index (χ4v) is 1.93. The maximum absolute atomic E-state index is 8.64. The molecule has 1 unspecified atom stereocenters. The Bertz CT molecular complexity index is 392. The van der Waals surface area contributed by atoms with Crippen LogP contribution in [0, 0.1) is 11.3 Å². The Morgan fingerprint density at radius 3 is 2.94 bits per heavy atom. The molecule has 0 N–H and O–H groups in total. The van der Waals surface area contributed by atoms with Gasteiger partial charge in [0.2, 0.25) is 0 Å². The first-order valence-corrected chi connectivity index (χ1v) is 5.84. The zero-order valence-electron chi connectivity index (χ0n) is 9.96. The summed E-state index contributed by atoms with van der Waals surface area (Å²) in [6, 6.07) is 1.96. The second-order valence-corrected chi connectivity index (χ2v) is 4.24. The molecule has 1 aromatic heterocycles. The molecule has 1 aliphatic rings. The Labute approximate surface area is 101 Å². The second kappa shape index (κ2) is 5.60. The van der Waals surface area contributed by atoms with Crippen LogP contribution in [0.4, 0.5) is 5.82 Å². The summed E-state index contributed by atoms with van der Waals surface area (Å²) in [6.45, 7) is 1.68. The third-order valence-corrected chi connectivity index (χ3v) is 2.90. The molecule has 90 valence electrons. The number of aromatic nitrogens is 2. The van der Waals surface area contributed by atoms with Gasteiger partial charge in [0.05, 0.1) is 18.5 Å². The Kier molecular flexibility index (Phi) is 3.89. The molecule has 0 amide bonds. The standard InChI is InChI=1S/C12H16N4O/c1-16(9-11-4-2-3-5-17-11)12-8-14-10(6-13)7-15-12/h7-8,11H,2-5,9H2,1H3. The van der Waals surface area contributed by atoms with E-state index in [9.17, 15) is 0 Å². The van der Waals surface area contributed by atoms with Crippen molar-refractivity contribution in [3.05, 3.63) is 18.1 Å². The van der Waals surface area contributed by atoms with E-state index in [0.717, 1.165) is 31.8 Å². The van der Waals surface area contributed by atoms with Gasteiger partial charge in [0, 0.05) is 20.2 Å². The summed E-state index contributed by atoms with van der Waals surface area (Å²) in [4.78, 5) is 10.2. The van der Waals surface area contributed by atoms with Crippen LogP contribution in [0.5, 0.6) is 0 Å². The van der Waals surface area contributed by atoms with E-state index >= 15 is 0 Å². The molecular weight excluding hydrogens is 216 g/mol. The number of anilines is 1. The lowest BCUT2D eigenvalue weighted by atomic mass is 10.1. The summed E-state index contributed by atoms with van der Waals surface area (Å²) in [5, 5.41) is 8.64. The van der Waals surface area contributed by atoms with Crippen LogP contribution in [-0.2, 0) is 4.74 Å². The number of nitrogens with zero attached hydrogens (tertiary/aromatic N) is 4. The Morgan fingerprint density at radius 1 is 1.47 bits per heavy atom. The number of likely N-dealkylation sites (N-methyl/N-ethyl adjacent to an activating group) is 1. The first kappa shape index (κ1) is 11.8. The maximum atomic E-state index is 8.64. The molecule has 0 radical (unpaired) electrons. The fraction of sp³-hybridized carbons (Fsp3) is 0.583. The van der Waals surface area contributed by atoms with Crippen LogP contribution in [-0.4, -0.2) is 36.3 Å². The summed E-state index contributed by atoms with van der Waals surface area (Å²) in [5.41, 5.74) is 0.344. The lowest BCUT2D eigenvalue weighted by Gasteiger charge is -2.27. The van der Waals surface area contributed by atoms with Crippen molar-refractivity contribution < 1.29 is 4.74 Å². The highest BCUT2D eigenvalue weighted by Gasteiger charge is 2.16. The lowest BCUT2D eigenvalue weighted by Crippen LogP contribution is -2.33. The van der Waals surface area contributed by atoms with Crippen molar-refractivity contribution in [2.24, 2.45) is 0 Å². The predicted molar refractivity (Wildman–Crippen MR) is 63.6 cm³/mol. The molecule has 1 aromatic rings. The van der Waals surface area contributed by atoms with E-state index in [1.807, 2.05) is 18.0 Å². The summed E-state index contributed by atoms with van der Waals surface area (Å²) < 4.78 is 5.67. The van der Waals surface area contributed by atoms with Gasteiger partial charge in [0.25, 0.3) is 0 Å². The molecule has 5 nitrogen and oxygen atoms in total. The van der Waals surface area contributed by atoms with Gasteiger partial charge in [-0.1, -0.05) is 0 Å². The highest BCUT2D eigenvalue weighted by Crippen LogP contribution is 2.15. The molecule has 5 heteroatoms. The number of rotatable bonds is 3. The van der Waals surface area contributed by atoms with Gasteiger partial charge >= 0.3 is 0 Å². The molecule has 0 spiro atoms. The fourth-order valence-electron chi connectivity index (χ4n) is 1.93. The number of nitriles is 1. The van der Waals surface area contributed by atoms with Crippen molar-refractivity contribution in [1.29, 1.82) is 5.26 Å². The molecule has 1 atom stereocenters. The van der Waals surface area contributed by atoms with Crippen molar-refractivity contribution in [2.75, 3.05) is 25.1 Å². The van der Waals surface area contributed by atoms with Crippen molar-refractivity contribution in [3.63, 3.8) is 0 Å². The molecule has 1 saturated heterocycles. The van der Waals surface area contributed by atoms with E-state index < -0.39 is 0 Å². The van der Waals surface area contributed by atoms with Crippen molar-refractivity contribution >= 4 is 5.82 Å². The van der Waals surface area contributed by atoms with Gasteiger partial charge in [-0.05, 0) is 19.3 Å². The normalized spacial score (nSPS) is 19.6. The van der Waals surface area contributed by atoms with Crippen molar-refractivity contribution in [2.45, 2.75) is 25.4 Å². The predicted octanol–water partition coefficient (Wildman–Crippen LogP) is 1.35. The molecule has 1 aliphatic heterocycles. The van der Waals surface area contributed by atoms with Crippen LogP contribution in [0.15, 0.2) is 12.4 Å².